The molecule has 0 amide bonds. The van der Waals surface area contributed by atoms with Gasteiger partial charge in [0.1, 0.15) is 22.5 Å². The Morgan fingerprint density at radius 1 is 0.975 bits per heavy atom. The van der Waals surface area contributed by atoms with Gasteiger partial charge in [-0.05, 0) is 47.5 Å². The van der Waals surface area contributed by atoms with Crippen molar-refractivity contribution in [3.8, 4) is 23.0 Å². The number of ketones is 1. The van der Waals surface area contributed by atoms with E-state index in [1.165, 1.54) is 37.4 Å². The van der Waals surface area contributed by atoms with Gasteiger partial charge in [0.15, 0.2) is 23.9 Å². The quantitative estimate of drug-likeness (QED) is 0.149. The fraction of sp³-hybridized carbons (Fsp3) is 0.148. The van der Waals surface area contributed by atoms with Crippen molar-refractivity contribution < 1.29 is 73.1 Å². The van der Waals surface area contributed by atoms with Gasteiger partial charge >= 0.3 is 35.5 Å². The minimum absolute atomic E-state index is 0. The first kappa shape index (κ1) is 29.0. The average Bonchev–Trinajstić information content (AvgIpc) is 3.60. The third-order valence-electron chi connectivity index (χ3n) is 5.95. The zero-order valence-corrected chi connectivity index (χ0v) is 24.1. The van der Waals surface area contributed by atoms with Gasteiger partial charge in [0, 0.05) is 29.2 Å². The molecule has 1 N–H and O–H groups in total. The molecule has 1 aromatic heterocycles. The molecule has 0 spiro atoms. The van der Waals surface area contributed by atoms with Gasteiger partial charge in [0.25, 0.3) is 0 Å². The van der Waals surface area contributed by atoms with E-state index >= 15 is 0 Å². The third-order valence-corrected chi connectivity index (χ3v) is 6.51. The number of rotatable bonds is 10. The number of aromatic nitrogens is 2. The standard InChI is InChI=1S/C27H20N2O9S.Na/c1-35-17-5-2-14(22(11-17)36-12-24(30)31)8-18(26(32)16-4-7-21-23(10-16)38-13-37-21)25(27(33)34)15-3-6-19-20(9-15)29-39-28-19;/h2-7,9-11H,8,12-13H2,1H3,(H,30,31)(H,33,34);/q;+1/p-1. The molecule has 1 aliphatic rings. The number of Topliss-reactive ketones (excluding diaryl/α,β-unsaturated/α-hetero) is 1. The number of nitrogens with zero attached hydrogens (tertiary/aromatic N) is 2. The summed E-state index contributed by atoms with van der Waals surface area (Å²) in [4.78, 5) is 37.7. The molecular formula is C27H19N2NaO9S. The van der Waals surface area contributed by atoms with Crippen LogP contribution in [0.3, 0.4) is 0 Å². The topological polar surface area (TPSA) is 157 Å². The van der Waals surface area contributed by atoms with E-state index in [1.54, 1.807) is 24.3 Å². The molecule has 13 heteroatoms. The SMILES string of the molecule is COc1ccc(CC(C(=O)c2ccc3c(c2)OCO3)=C(C(=O)[O-])c2ccc3nsnc3c2)c(OCC(=O)O)c1.[Na+]. The number of benzene rings is 3. The molecule has 0 saturated heterocycles. The van der Waals surface area contributed by atoms with E-state index in [2.05, 4.69) is 8.75 Å². The maximum Gasteiger partial charge on any atom is 1.00 e. The van der Waals surface area contributed by atoms with Crippen molar-refractivity contribution in [1.82, 2.24) is 8.75 Å². The van der Waals surface area contributed by atoms with Crippen LogP contribution in [0.25, 0.3) is 16.6 Å². The molecule has 0 unspecified atom stereocenters. The Bertz CT molecular complexity index is 1650. The summed E-state index contributed by atoms with van der Waals surface area (Å²) in [6, 6.07) is 13.8. The molecule has 0 atom stereocenters. The Balaban J connectivity index is 0.00000370. The second kappa shape index (κ2) is 12.5. The molecule has 1 aliphatic heterocycles. The van der Waals surface area contributed by atoms with Crippen molar-refractivity contribution >= 4 is 46.1 Å². The van der Waals surface area contributed by atoms with Crippen LogP contribution in [0.15, 0.2) is 60.2 Å². The van der Waals surface area contributed by atoms with Crippen molar-refractivity contribution in [3.05, 3.63) is 76.9 Å². The van der Waals surface area contributed by atoms with E-state index in [0.29, 0.717) is 33.8 Å². The number of carboxylic acid groups (broad SMARTS) is 2. The Labute approximate surface area is 253 Å². The molecular weight excluding hydrogens is 551 g/mol. The molecule has 40 heavy (non-hydrogen) atoms. The van der Waals surface area contributed by atoms with Crippen LogP contribution in [0.4, 0.5) is 0 Å². The number of hydrogen-bond acceptors (Lipinski definition) is 11. The summed E-state index contributed by atoms with van der Waals surface area (Å²) in [5, 5.41) is 21.7. The van der Waals surface area contributed by atoms with Crippen LogP contribution in [0, 0.1) is 0 Å². The van der Waals surface area contributed by atoms with E-state index in [0.717, 1.165) is 11.7 Å². The summed E-state index contributed by atoms with van der Waals surface area (Å²) in [6.07, 6.45) is -0.233. The number of aliphatic carboxylic acids is 2. The Morgan fingerprint density at radius 2 is 1.73 bits per heavy atom. The third kappa shape index (κ3) is 6.10. The minimum Gasteiger partial charge on any atom is -0.545 e. The number of allylic oxidation sites excluding steroid dienone is 1. The second-order valence-electron chi connectivity index (χ2n) is 8.34. The first-order chi connectivity index (χ1) is 18.8. The van der Waals surface area contributed by atoms with Gasteiger partial charge in [-0.1, -0.05) is 12.1 Å². The van der Waals surface area contributed by atoms with Crippen LogP contribution in [0.1, 0.15) is 21.5 Å². The number of carbonyl (C=O) groups excluding carboxylic acids is 2. The van der Waals surface area contributed by atoms with Gasteiger partial charge < -0.3 is 34.0 Å². The van der Waals surface area contributed by atoms with Gasteiger partial charge in [-0.25, -0.2) is 4.79 Å². The summed E-state index contributed by atoms with van der Waals surface area (Å²) >= 11 is 0.972. The Morgan fingerprint density at radius 3 is 2.48 bits per heavy atom. The fourth-order valence-corrected chi connectivity index (χ4v) is 4.64. The number of fused-ring (bicyclic) bond motifs is 2. The molecule has 0 aliphatic carbocycles. The average molecular weight is 571 g/mol. The molecule has 4 aromatic rings. The first-order valence-corrected chi connectivity index (χ1v) is 12.2. The maximum absolute atomic E-state index is 14.0. The predicted molar refractivity (Wildman–Crippen MR) is 136 cm³/mol. The number of hydrogen-bond donors (Lipinski definition) is 1. The van der Waals surface area contributed by atoms with E-state index in [1.807, 2.05) is 0 Å². The molecule has 0 radical (unpaired) electrons. The van der Waals surface area contributed by atoms with E-state index in [-0.39, 0.29) is 70.8 Å². The van der Waals surface area contributed by atoms with Gasteiger partial charge in [-0.2, -0.15) is 8.75 Å². The first-order valence-electron chi connectivity index (χ1n) is 11.5. The van der Waals surface area contributed by atoms with Gasteiger partial charge in [0.2, 0.25) is 6.79 Å². The molecule has 3 aromatic carbocycles. The second-order valence-corrected chi connectivity index (χ2v) is 8.87. The van der Waals surface area contributed by atoms with E-state index < -0.39 is 24.3 Å². The zero-order valence-electron chi connectivity index (χ0n) is 21.3. The number of methoxy groups -OCH3 is 1. The summed E-state index contributed by atoms with van der Waals surface area (Å²) < 4.78 is 29.7. The monoisotopic (exact) mass is 570 g/mol. The van der Waals surface area contributed by atoms with Crippen molar-refractivity contribution in [2.45, 2.75) is 6.42 Å². The van der Waals surface area contributed by atoms with Gasteiger partial charge in [-0.15, -0.1) is 0 Å². The smallest absolute Gasteiger partial charge is 0.545 e. The summed E-state index contributed by atoms with van der Waals surface area (Å²) in [7, 11) is 1.43. The van der Waals surface area contributed by atoms with Gasteiger partial charge in [-0.3, -0.25) is 4.79 Å². The van der Waals surface area contributed by atoms with Crippen LogP contribution in [0.2, 0.25) is 0 Å². The van der Waals surface area contributed by atoms with Gasteiger partial charge in [0.05, 0.1) is 24.8 Å². The zero-order chi connectivity index (χ0) is 27.5. The maximum atomic E-state index is 14.0. The summed E-state index contributed by atoms with van der Waals surface area (Å²) in [5.41, 5.74) is 1.27. The summed E-state index contributed by atoms with van der Waals surface area (Å²) in [5.74, 6) is -2.10. The van der Waals surface area contributed by atoms with Crippen molar-refractivity contribution in [3.63, 3.8) is 0 Å². The van der Waals surface area contributed by atoms with Crippen LogP contribution < -0.4 is 53.6 Å². The molecule has 11 nitrogen and oxygen atoms in total. The number of carboxylic acids is 2. The predicted octanol–water partition coefficient (Wildman–Crippen LogP) is -0.475. The summed E-state index contributed by atoms with van der Waals surface area (Å²) in [6.45, 7) is -0.659. The van der Waals surface area contributed by atoms with Crippen molar-refractivity contribution in [1.29, 1.82) is 0 Å². The Kier molecular flexibility index (Phi) is 9.05. The number of ether oxygens (including phenoxy) is 4. The Hall–Kier alpha value is -3.97. The van der Waals surface area contributed by atoms with Crippen molar-refractivity contribution in [2.75, 3.05) is 20.5 Å². The van der Waals surface area contributed by atoms with Crippen LogP contribution in [-0.4, -0.2) is 52.1 Å². The normalized spacial score (nSPS) is 12.3. The molecule has 2 heterocycles. The van der Waals surface area contributed by atoms with Crippen LogP contribution in [0.5, 0.6) is 23.0 Å². The molecule has 5 rings (SSSR count). The molecule has 0 saturated carbocycles. The van der Waals surface area contributed by atoms with Crippen molar-refractivity contribution in [2.24, 2.45) is 0 Å². The fourth-order valence-electron chi connectivity index (χ4n) is 4.12. The molecule has 0 bridgehead atoms. The largest absolute Gasteiger partial charge is 1.00 e. The minimum atomic E-state index is -1.58. The van der Waals surface area contributed by atoms with E-state index in [9.17, 15) is 19.5 Å². The van der Waals surface area contributed by atoms with E-state index in [4.69, 9.17) is 24.1 Å². The van der Waals surface area contributed by atoms with Crippen LogP contribution >= 0.6 is 11.7 Å². The van der Waals surface area contributed by atoms with Crippen LogP contribution in [-0.2, 0) is 16.0 Å². The number of carbonyl (C=O) groups is 3. The molecule has 198 valence electrons. The molecule has 0 fully saturated rings.